The summed E-state index contributed by atoms with van der Waals surface area (Å²) in [6.07, 6.45) is 1.43. The second-order valence-electron chi connectivity index (χ2n) is 3.52. The van der Waals surface area contributed by atoms with Crippen molar-refractivity contribution >= 4 is 46.8 Å². The zero-order valence-electron chi connectivity index (χ0n) is 9.37. The quantitative estimate of drug-likeness (QED) is 0.509. The lowest BCUT2D eigenvalue weighted by molar-refractivity contribution is 0.627. The van der Waals surface area contributed by atoms with E-state index < -0.39 is 0 Å². The van der Waals surface area contributed by atoms with Crippen LogP contribution in [0.15, 0.2) is 35.4 Å². The summed E-state index contributed by atoms with van der Waals surface area (Å²) in [4.78, 5) is 3.92. The van der Waals surface area contributed by atoms with E-state index in [0.717, 1.165) is 0 Å². The molecule has 0 atom stereocenters. The second-order valence-corrected chi connectivity index (χ2v) is 4.69. The number of hydrazone groups is 1. The SMILES string of the molecule is Fc1cccc(C=NNc2nc(Cl)c(Cl)cc2Cl)c1. The average Bonchev–Trinajstić information content (AvgIpc) is 2.35. The first kappa shape index (κ1) is 14.1. The zero-order chi connectivity index (χ0) is 13.8. The van der Waals surface area contributed by atoms with E-state index in [4.69, 9.17) is 34.8 Å². The van der Waals surface area contributed by atoms with E-state index in [0.29, 0.717) is 5.56 Å². The van der Waals surface area contributed by atoms with Crippen LogP contribution in [0, 0.1) is 5.82 Å². The maximum absolute atomic E-state index is 12.9. The first-order chi connectivity index (χ1) is 9.06. The Morgan fingerprint density at radius 3 is 2.68 bits per heavy atom. The van der Waals surface area contributed by atoms with Crippen LogP contribution in [0.3, 0.4) is 0 Å². The smallest absolute Gasteiger partial charge is 0.166 e. The summed E-state index contributed by atoms with van der Waals surface area (Å²) in [5.74, 6) is -0.0710. The summed E-state index contributed by atoms with van der Waals surface area (Å²) in [6, 6.07) is 7.44. The third-order valence-corrected chi connectivity index (χ3v) is 3.08. The number of nitrogens with one attached hydrogen (secondary N) is 1. The van der Waals surface area contributed by atoms with Gasteiger partial charge in [0.05, 0.1) is 16.3 Å². The van der Waals surface area contributed by atoms with Gasteiger partial charge in [0, 0.05) is 0 Å². The number of nitrogens with zero attached hydrogens (tertiary/aromatic N) is 2. The van der Waals surface area contributed by atoms with Crippen LogP contribution >= 0.6 is 34.8 Å². The van der Waals surface area contributed by atoms with Crippen molar-refractivity contribution in [2.45, 2.75) is 0 Å². The zero-order valence-corrected chi connectivity index (χ0v) is 11.6. The lowest BCUT2D eigenvalue weighted by atomic mass is 10.2. The summed E-state index contributed by atoms with van der Waals surface area (Å²) in [6.45, 7) is 0. The van der Waals surface area contributed by atoms with Gasteiger partial charge in [0.1, 0.15) is 11.0 Å². The molecule has 98 valence electrons. The lowest BCUT2D eigenvalue weighted by Crippen LogP contribution is -1.95. The topological polar surface area (TPSA) is 37.3 Å². The number of benzene rings is 1. The molecule has 1 aromatic heterocycles. The Morgan fingerprint density at radius 2 is 1.95 bits per heavy atom. The van der Waals surface area contributed by atoms with Crippen LogP contribution in [0.5, 0.6) is 0 Å². The summed E-state index contributed by atoms with van der Waals surface area (Å²) < 4.78 is 12.9. The number of rotatable bonds is 3. The van der Waals surface area contributed by atoms with Crippen molar-refractivity contribution in [3.05, 3.63) is 56.9 Å². The first-order valence-corrected chi connectivity index (χ1v) is 6.26. The van der Waals surface area contributed by atoms with Crippen molar-refractivity contribution in [3.8, 4) is 0 Å². The summed E-state index contributed by atoms with van der Waals surface area (Å²) in [7, 11) is 0. The summed E-state index contributed by atoms with van der Waals surface area (Å²) in [5.41, 5.74) is 3.21. The molecule has 0 aliphatic rings. The number of hydrogen-bond acceptors (Lipinski definition) is 3. The van der Waals surface area contributed by atoms with Gasteiger partial charge in [-0.2, -0.15) is 5.10 Å². The maximum atomic E-state index is 12.9. The van der Waals surface area contributed by atoms with Crippen molar-refractivity contribution < 1.29 is 4.39 Å². The van der Waals surface area contributed by atoms with E-state index in [-0.39, 0.29) is 26.8 Å². The van der Waals surface area contributed by atoms with Crippen LogP contribution in [-0.2, 0) is 0 Å². The van der Waals surface area contributed by atoms with Crippen molar-refractivity contribution in [1.82, 2.24) is 4.98 Å². The molecule has 0 fully saturated rings. The Morgan fingerprint density at radius 1 is 1.16 bits per heavy atom. The fourth-order valence-electron chi connectivity index (χ4n) is 1.28. The van der Waals surface area contributed by atoms with Crippen LogP contribution in [0.25, 0.3) is 0 Å². The maximum Gasteiger partial charge on any atom is 0.166 e. The Kier molecular flexibility index (Phi) is 4.58. The van der Waals surface area contributed by atoms with Gasteiger partial charge >= 0.3 is 0 Å². The van der Waals surface area contributed by atoms with E-state index >= 15 is 0 Å². The molecule has 2 aromatic rings. The van der Waals surface area contributed by atoms with Gasteiger partial charge in [-0.3, -0.25) is 5.43 Å². The number of pyridine rings is 1. The molecule has 0 saturated heterocycles. The molecule has 0 bridgehead atoms. The summed E-state index contributed by atoms with van der Waals surface area (Å²) >= 11 is 17.4. The molecule has 7 heteroatoms. The van der Waals surface area contributed by atoms with Crippen LogP contribution < -0.4 is 5.43 Å². The molecule has 2 rings (SSSR count). The van der Waals surface area contributed by atoms with Gasteiger partial charge in [-0.15, -0.1) is 0 Å². The van der Waals surface area contributed by atoms with Gasteiger partial charge in [-0.05, 0) is 23.8 Å². The largest absolute Gasteiger partial charge is 0.260 e. The Balaban J connectivity index is 2.12. The average molecular weight is 319 g/mol. The molecule has 0 saturated carbocycles. The minimum atomic E-state index is -0.338. The third kappa shape index (κ3) is 3.80. The Labute approximate surface area is 124 Å². The Bertz CT molecular complexity index is 632. The molecule has 1 aromatic carbocycles. The molecule has 0 spiro atoms. The number of aromatic nitrogens is 1. The first-order valence-electron chi connectivity index (χ1n) is 5.12. The predicted molar refractivity (Wildman–Crippen MR) is 76.9 cm³/mol. The van der Waals surface area contributed by atoms with Gasteiger partial charge < -0.3 is 0 Å². The van der Waals surface area contributed by atoms with Gasteiger partial charge in [0.25, 0.3) is 0 Å². The van der Waals surface area contributed by atoms with Crippen LogP contribution in [0.2, 0.25) is 15.2 Å². The molecule has 1 N–H and O–H groups in total. The molecular weight excluding hydrogens is 312 g/mol. The van der Waals surface area contributed by atoms with Crippen molar-refractivity contribution in [2.75, 3.05) is 5.43 Å². The number of halogens is 4. The van der Waals surface area contributed by atoms with Gasteiger partial charge in [0.2, 0.25) is 0 Å². The molecule has 0 unspecified atom stereocenters. The second kappa shape index (κ2) is 6.19. The highest BCUT2D eigenvalue weighted by Gasteiger charge is 2.06. The van der Waals surface area contributed by atoms with Crippen molar-refractivity contribution in [1.29, 1.82) is 0 Å². The minimum absolute atomic E-state index is 0.120. The van der Waals surface area contributed by atoms with Crippen molar-refractivity contribution in [2.24, 2.45) is 5.10 Å². The lowest BCUT2D eigenvalue weighted by Gasteiger charge is -2.03. The van der Waals surface area contributed by atoms with Crippen LogP contribution in [0.4, 0.5) is 10.2 Å². The standard InChI is InChI=1S/C12H7Cl3FN3/c13-9-5-10(14)12(18-11(9)15)19-17-6-7-2-1-3-8(16)4-7/h1-6H,(H,18,19). The van der Waals surface area contributed by atoms with E-state index in [1.165, 1.54) is 24.4 Å². The number of hydrogen-bond donors (Lipinski definition) is 1. The fourth-order valence-corrected chi connectivity index (χ4v) is 1.82. The summed E-state index contributed by atoms with van der Waals surface area (Å²) in [5, 5.41) is 4.55. The van der Waals surface area contributed by atoms with Crippen LogP contribution in [-0.4, -0.2) is 11.2 Å². The van der Waals surface area contributed by atoms with Gasteiger partial charge in [-0.1, -0.05) is 46.9 Å². The normalized spacial score (nSPS) is 10.9. The van der Waals surface area contributed by atoms with E-state index in [1.807, 2.05) is 0 Å². The highest BCUT2D eigenvalue weighted by atomic mass is 35.5. The third-order valence-electron chi connectivity index (χ3n) is 2.12. The fraction of sp³-hybridized carbons (Fsp3) is 0. The van der Waals surface area contributed by atoms with E-state index in [9.17, 15) is 4.39 Å². The highest BCUT2D eigenvalue weighted by Crippen LogP contribution is 2.28. The predicted octanol–water partition coefficient (Wildman–Crippen LogP) is 4.63. The molecule has 19 heavy (non-hydrogen) atoms. The van der Waals surface area contributed by atoms with E-state index in [1.54, 1.807) is 12.1 Å². The van der Waals surface area contributed by atoms with Crippen LogP contribution in [0.1, 0.15) is 5.56 Å². The molecule has 0 aliphatic carbocycles. The molecule has 0 aliphatic heterocycles. The van der Waals surface area contributed by atoms with E-state index in [2.05, 4.69) is 15.5 Å². The Hall–Kier alpha value is -1.36. The molecular formula is C12H7Cl3FN3. The minimum Gasteiger partial charge on any atom is -0.260 e. The molecule has 0 radical (unpaired) electrons. The molecule has 0 amide bonds. The van der Waals surface area contributed by atoms with Gasteiger partial charge in [-0.25, -0.2) is 9.37 Å². The van der Waals surface area contributed by atoms with Gasteiger partial charge in [0.15, 0.2) is 5.82 Å². The number of anilines is 1. The highest BCUT2D eigenvalue weighted by molar-refractivity contribution is 6.42. The molecule has 3 nitrogen and oxygen atoms in total. The van der Waals surface area contributed by atoms with Crippen molar-refractivity contribution in [3.63, 3.8) is 0 Å². The monoisotopic (exact) mass is 317 g/mol. The molecule has 1 heterocycles.